The van der Waals surface area contributed by atoms with Crippen LogP contribution in [0.15, 0.2) is 12.7 Å². The summed E-state index contributed by atoms with van der Waals surface area (Å²) in [4.78, 5) is 5.45. The fourth-order valence-electron chi connectivity index (χ4n) is 4.82. The Labute approximate surface area is 145 Å². The van der Waals surface area contributed by atoms with Crippen LogP contribution in [-0.2, 0) is 0 Å². The van der Waals surface area contributed by atoms with E-state index in [4.69, 9.17) is 0 Å². The highest BCUT2D eigenvalue weighted by Gasteiger charge is 2.67. The standard InChI is InChI=1S/C21H40N2/c1-9-10-11-12-13-22(8)16-21-14-17(19(2,3)4)23(18(21)15-21)20(5,6)7/h9,17-18H,1,10-16H2,2-8H3/t17?,18-,21+/m1/s1. The number of hydrogen-bond acceptors (Lipinski definition) is 2. The Morgan fingerprint density at radius 3 is 2.26 bits per heavy atom. The first-order valence-corrected chi connectivity index (χ1v) is 9.59. The van der Waals surface area contributed by atoms with Gasteiger partial charge in [-0.15, -0.1) is 6.58 Å². The van der Waals surface area contributed by atoms with Crippen molar-refractivity contribution in [2.24, 2.45) is 10.8 Å². The summed E-state index contributed by atoms with van der Waals surface area (Å²) in [5.74, 6) is 0. The fourth-order valence-corrected chi connectivity index (χ4v) is 4.82. The van der Waals surface area contributed by atoms with Gasteiger partial charge in [0.2, 0.25) is 0 Å². The van der Waals surface area contributed by atoms with Crippen molar-refractivity contribution in [2.45, 2.75) is 91.3 Å². The molecular formula is C21H40N2. The summed E-state index contributed by atoms with van der Waals surface area (Å²) in [6.45, 7) is 20.8. The van der Waals surface area contributed by atoms with Gasteiger partial charge in [0.25, 0.3) is 0 Å². The van der Waals surface area contributed by atoms with Crippen molar-refractivity contribution in [1.29, 1.82) is 0 Å². The second kappa shape index (κ2) is 6.52. The van der Waals surface area contributed by atoms with Gasteiger partial charge in [-0.3, -0.25) is 4.90 Å². The van der Waals surface area contributed by atoms with Crippen LogP contribution in [0.25, 0.3) is 0 Å². The molecule has 3 atom stereocenters. The number of allylic oxidation sites excluding steroid dienone is 1. The van der Waals surface area contributed by atoms with Crippen LogP contribution in [0.4, 0.5) is 0 Å². The zero-order chi connectivity index (χ0) is 17.5. The van der Waals surface area contributed by atoms with E-state index in [2.05, 4.69) is 65.0 Å². The average molecular weight is 321 g/mol. The van der Waals surface area contributed by atoms with E-state index < -0.39 is 0 Å². The van der Waals surface area contributed by atoms with Crippen LogP contribution in [0.5, 0.6) is 0 Å². The van der Waals surface area contributed by atoms with Crippen molar-refractivity contribution in [3.8, 4) is 0 Å². The summed E-state index contributed by atoms with van der Waals surface area (Å²) in [6.07, 6.45) is 8.58. The molecule has 1 heterocycles. The van der Waals surface area contributed by atoms with E-state index in [-0.39, 0.29) is 5.54 Å². The molecule has 0 amide bonds. The van der Waals surface area contributed by atoms with E-state index >= 15 is 0 Å². The third-order valence-electron chi connectivity index (χ3n) is 5.98. The van der Waals surface area contributed by atoms with Gasteiger partial charge in [-0.05, 0) is 71.9 Å². The number of piperidine rings is 1. The number of fused-ring (bicyclic) bond motifs is 1. The number of hydrogen-bond donors (Lipinski definition) is 0. The van der Waals surface area contributed by atoms with Crippen LogP contribution < -0.4 is 0 Å². The molecule has 0 radical (unpaired) electrons. The molecule has 0 N–H and O–H groups in total. The predicted octanol–water partition coefficient (Wildman–Crippen LogP) is 4.95. The third-order valence-corrected chi connectivity index (χ3v) is 5.98. The van der Waals surface area contributed by atoms with Crippen molar-refractivity contribution in [3.63, 3.8) is 0 Å². The van der Waals surface area contributed by atoms with Crippen molar-refractivity contribution >= 4 is 0 Å². The lowest BCUT2D eigenvalue weighted by Crippen LogP contribution is -2.51. The minimum absolute atomic E-state index is 0.281. The Morgan fingerprint density at radius 1 is 1.13 bits per heavy atom. The van der Waals surface area contributed by atoms with E-state index in [1.807, 2.05) is 6.08 Å². The summed E-state index contributed by atoms with van der Waals surface area (Å²) in [7, 11) is 2.32. The van der Waals surface area contributed by atoms with Crippen LogP contribution >= 0.6 is 0 Å². The molecule has 1 aliphatic carbocycles. The summed E-state index contributed by atoms with van der Waals surface area (Å²) < 4.78 is 0. The van der Waals surface area contributed by atoms with Gasteiger partial charge in [-0.2, -0.15) is 0 Å². The van der Waals surface area contributed by atoms with Crippen molar-refractivity contribution in [2.75, 3.05) is 20.1 Å². The SMILES string of the molecule is C=CCCCCN(C)C[C@@]12CC(C(C)(C)C)N(C(C)(C)C)[C@@H]1C2. The second-order valence-electron chi connectivity index (χ2n) is 10.3. The molecule has 1 saturated carbocycles. The third kappa shape index (κ3) is 4.20. The molecule has 2 rings (SSSR count). The second-order valence-corrected chi connectivity index (χ2v) is 10.3. The van der Waals surface area contributed by atoms with E-state index in [9.17, 15) is 0 Å². The van der Waals surface area contributed by atoms with Gasteiger partial charge in [-0.1, -0.05) is 26.8 Å². The van der Waals surface area contributed by atoms with Crippen LogP contribution in [0, 0.1) is 10.8 Å². The van der Waals surface area contributed by atoms with Crippen LogP contribution in [0.2, 0.25) is 0 Å². The number of rotatable bonds is 7. The first-order valence-electron chi connectivity index (χ1n) is 9.59. The summed E-state index contributed by atoms with van der Waals surface area (Å²) in [5, 5.41) is 0. The predicted molar refractivity (Wildman–Crippen MR) is 102 cm³/mol. The summed E-state index contributed by atoms with van der Waals surface area (Å²) >= 11 is 0. The van der Waals surface area contributed by atoms with E-state index in [0.29, 0.717) is 10.8 Å². The Bertz CT molecular complexity index is 415. The van der Waals surface area contributed by atoms with E-state index in [1.165, 1.54) is 38.8 Å². The van der Waals surface area contributed by atoms with E-state index in [1.54, 1.807) is 0 Å². The molecule has 23 heavy (non-hydrogen) atoms. The molecule has 1 saturated heterocycles. The maximum absolute atomic E-state index is 3.82. The Morgan fingerprint density at radius 2 is 1.78 bits per heavy atom. The van der Waals surface area contributed by atoms with Gasteiger partial charge < -0.3 is 4.90 Å². The Hall–Kier alpha value is -0.340. The topological polar surface area (TPSA) is 6.48 Å². The van der Waals surface area contributed by atoms with Crippen molar-refractivity contribution < 1.29 is 0 Å². The zero-order valence-electron chi connectivity index (χ0n) is 16.8. The summed E-state index contributed by atoms with van der Waals surface area (Å²) in [5.41, 5.74) is 1.22. The molecular weight excluding hydrogens is 280 g/mol. The molecule has 0 spiro atoms. The first-order chi connectivity index (χ1) is 10.5. The van der Waals surface area contributed by atoms with Gasteiger partial charge in [0.1, 0.15) is 0 Å². The fraction of sp³-hybridized carbons (Fsp3) is 0.905. The molecule has 2 aliphatic rings. The quantitative estimate of drug-likeness (QED) is 0.483. The lowest BCUT2D eigenvalue weighted by Gasteiger charge is -2.45. The van der Waals surface area contributed by atoms with Gasteiger partial charge in [0, 0.05) is 29.6 Å². The highest BCUT2D eigenvalue weighted by molar-refractivity contribution is 5.21. The van der Waals surface area contributed by atoms with Crippen LogP contribution in [-0.4, -0.2) is 47.6 Å². The maximum Gasteiger partial charge on any atom is 0.0180 e. The zero-order valence-corrected chi connectivity index (χ0v) is 16.8. The highest BCUT2D eigenvalue weighted by atomic mass is 15.3. The molecule has 0 aromatic carbocycles. The molecule has 2 fully saturated rings. The molecule has 0 aromatic heterocycles. The molecule has 2 heteroatoms. The minimum atomic E-state index is 0.281. The average Bonchev–Trinajstić information content (AvgIpc) is 2.95. The Kier molecular flexibility index (Phi) is 5.38. The molecule has 0 bridgehead atoms. The molecule has 1 unspecified atom stereocenters. The Balaban J connectivity index is 1.98. The van der Waals surface area contributed by atoms with Gasteiger partial charge in [-0.25, -0.2) is 0 Å². The molecule has 134 valence electrons. The molecule has 1 aliphatic heterocycles. The smallest absolute Gasteiger partial charge is 0.0180 e. The van der Waals surface area contributed by atoms with Crippen molar-refractivity contribution in [3.05, 3.63) is 12.7 Å². The number of nitrogens with zero attached hydrogens (tertiary/aromatic N) is 2. The van der Waals surface area contributed by atoms with Crippen LogP contribution in [0.1, 0.15) is 73.6 Å². The van der Waals surface area contributed by atoms with Crippen molar-refractivity contribution in [1.82, 2.24) is 9.80 Å². The molecule has 2 nitrogen and oxygen atoms in total. The van der Waals surface area contributed by atoms with E-state index in [0.717, 1.165) is 18.5 Å². The monoisotopic (exact) mass is 320 g/mol. The lowest BCUT2D eigenvalue weighted by molar-refractivity contribution is 0.0362. The molecule has 0 aromatic rings. The maximum atomic E-state index is 3.82. The van der Waals surface area contributed by atoms with Gasteiger partial charge in [0.15, 0.2) is 0 Å². The van der Waals surface area contributed by atoms with Crippen LogP contribution in [0.3, 0.4) is 0 Å². The van der Waals surface area contributed by atoms with Gasteiger partial charge in [0.05, 0.1) is 0 Å². The highest BCUT2D eigenvalue weighted by Crippen LogP contribution is 2.63. The first kappa shape index (κ1) is 19.0. The largest absolute Gasteiger partial charge is 0.306 e. The summed E-state index contributed by atoms with van der Waals surface area (Å²) in [6, 6.07) is 1.53. The van der Waals surface area contributed by atoms with Gasteiger partial charge >= 0.3 is 0 Å². The number of likely N-dealkylation sites (tertiary alicyclic amines) is 1. The minimum Gasteiger partial charge on any atom is -0.306 e. The lowest BCUT2D eigenvalue weighted by atomic mass is 9.80. The number of unbranched alkanes of at least 4 members (excludes halogenated alkanes) is 2. The normalized spacial score (nSPS) is 31.5.